The van der Waals surface area contributed by atoms with Crippen molar-refractivity contribution in [2.75, 3.05) is 7.11 Å². The van der Waals surface area contributed by atoms with Gasteiger partial charge in [-0.3, -0.25) is 4.79 Å². The SMILES string of the molecule is COc1cc(C2(C(=O)O)CC2)ccc1C(C)C. The second kappa shape index (κ2) is 4.06. The summed E-state index contributed by atoms with van der Waals surface area (Å²) in [4.78, 5) is 11.3. The van der Waals surface area contributed by atoms with Crippen LogP contribution in [-0.2, 0) is 10.2 Å². The van der Waals surface area contributed by atoms with Crippen LogP contribution in [0, 0.1) is 0 Å². The molecule has 0 spiro atoms. The number of carboxylic acids is 1. The summed E-state index contributed by atoms with van der Waals surface area (Å²) in [5.74, 6) is 0.445. The maximum atomic E-state index is 11.3. The molecule has 1 aliphatic carbocycles. The molecular weight excluding hydrogens is 216 g/mol. The molecule has 1 fully saturated rings. The molecule has 1 aromatic carbocycles. The predicted molar refractivity (Wildman–Crippen MR) is 65.6 cm³/mol. The zero-order valence-electron chi connectivity index (χ0n) is 10.5. The zero-order chi connectivity index (χ0) is 12.6. The van der Waals surface area contributed by atoms with Crippen molar-refractivity contribution in [2.24, 2.45) is 0 Å². The van der Waals surface area contributed by atoms with Crippen molar-refractivity contribution in [1.82, 2.24) is 0 Å². The highest BCUT2D eigenvalue weighted by Gasteiger charge is 2.51. The van der Waals surface area contributed by atoms with Gasteiger partial charge in [0.1, 0.15) is 5.75 Å². The maximum absolute atomic E-state index is 11.3. The number of ether oxygens (including phenoxy) is 1. The third-order valence-electron chi connectivity index (χ3n) is 3.57. The minimum atomic E-state index is -0.725. The Balaban J connectivity index is 2.42. The van der Waals surface area contributed by atoms with Crippen molar-refractivity contribution in [2.45, 2.75) is 38.0 Å². The number of methoxy groups -OCH3 is 1. The van der Waals surface area contributed by atoms with Crippen molar-refractivity contribution in [1.29, 1.82) is 0 Å². The molecular formula is C14H18O3. The summed E-state index contributed by atoms with van der Waals surface area (Å²) in [6.07, 6.45) is 1.46. The number of carbonyl (C=O) groups is 1. The van der Waals surface area contributed by atoms with Gasteiger partial charge in [-0.1, -0.05) is 26.0 Å². The van der Waals surface area contributed by atoms with E-state index in [1.165, 1.54) is 0 Å². The lowest BCUT2D eigenvalue weighted by Crippen LogP contribution is -2.19. The number of benzene rings is 1. The van der Waals surface area contributed by atoms with Crippen molar-refractivity contribution < 1.29 is 14.6 Å². The van der Waals surface area contributed by atoms with Crippen LogP contribution in [0.3, 0.4) is 0 Å². The van der Waals surface area contributed by atoms with E-state index in [4.69, 9.17) is 4.74 Å². The van der Waals surface area contributed by atoms with Gasteiger partial charge in [-0.25, -0.2) is 0 Å². The quantitative estimate of drug-likeness (QED) is 0.871. The second-order valence-electron chi connectivity index (χ2n) is 5.00. The lowest BCUT2D eigenvalue weighted by Gasteiger charge is -2.16. The fourth-order valence-corrected chi connectivity index (χ4v) is 2.24. The van der Waals surface area contributed by atoms with Gasteiger partial charge in [0.2, 0.25) is 0 Å². The molecule has 0 aliphatic heterocycles. The van der Waals surface area contributed by atoms with E-state index in [1.807, 2.05) is 18.2 Å². The summed E-state index contributed by atoms with van der Waals surface area (Å²) in [7, 11) is 1.63. The van der Waals surface area contributed by atoms with E-state index in [2.05, 4.69) is 13.8 Å². The van der Waals surface area contributed by atoms with Gasteiger partial charge in [0.05, 0.1) is 12.5 Å². The van der Waals surface area contributed by atoms with Gasteiger partial charge in [0.25, 0.3) is 0 Å². The Morgan fingerprint density at radius 2 is 2.06 bits per heavy atom. The average Bonchev–Trinajstić information content (AvgIpc) is 3.09. The van der Waals surface area contributed by atoms with E-state index in [9.17, 15) is 9.90 Å². The molecule has 17 heavy (non-hydrogen) atoms. The number of carboxylic acid groups (broad SMARTS) is 1. The van der Waals surface area contributed by atoms with Gasteiger partial charge in [-0.05, 0) is 36.0 Å². The minimum Gasteiger partial charge on any atom is -0.496 e. The highest BCUT2D eigenvalue weighted by Crippen LogP contribution is 2.49. The van der Waals surface area contributed by atoms with Crippen LogP contribution in [0.25, 0.3) is 0 Å². The molecule has 0 aromatic heterocycles. The van der Waals surface area contributed by atoms with Gasteiger partial charge in [-0.15, -0.1) is 0 Å². The van der Waals surface area contributed by atoms with E-state index in [0.717, 1.165) is 29.7 Å². The van der Waals surface area contributed by atoms with Crippen molar-refractivity contribution in [3.8, 4) is 5.75 Å². The van der Waals surface area contributed by atoms with Crippen LogP contribution in [0.15, 0.2) is 18.2 Å². The van der Waals surface area contributed by atoms with Crippen LogP contribution in [0.1, 0.15) is 43.7 Å². The molecule has 0 saturated heterocycles. The molecule has 0 bridgehead atoms. The Hall–Kier alpha value is -1.51. The summed E-state index contributed by atoms with van der Waals surface area (Å²) < 4.78 is 5.36. The summed E-state index contributed by atoms with van der Waals surface area (Å²) in [6.45, 7) is 4.20. The molecule has 3 nitrogen and oxygen atoms in total. The number of aliphatic carboxylic acids is 1. The lowest BCUT2D eigenvalue weighted by molar-refractivity contribution is -0.140. The van der Waals surface area contributed by atoms with Crippen molar-refractivity contribution >= 4 is 5.97 Å². The van der Waals surface area contributed by atoms with Crippen LogP contribution in [0.4, 0.5) is 0 Å². The Morgan fingerprint density at radius 3 is 2.47 bits per heavy atom. The van der Waals surface area contributed by atoms with Gasteiger partial charge in [-0.2, -0.15) is 0 Å². The third kappa shape index (κ3) is 1.90. The molecule has 0 heterocycles. The molecule has 2 rings (SSSR count). The van der Waals surface area contributed by atoms with Crippen molar-refractivity contribution in [3.05, 3.63) is 29.3 Å². The monoisotopic (exact) mass is 234 g/mol. The lowest BCUT2D eigenvalue weighted by atomic mass is 9.92. The number of rotatable bonds is 4. The average molecular weight is 234 g/mol. The first-order valence-electron chi connectivity index (χ1n) is 5.93. The fraction of sp³-hybridized carbons (Fsp3) is 0.500. The zero-order valence-corrected chi connectivity index (χ0v) is 10.5. The molecule has 1 N–H and O–H groups in total. The number of hydrogen-bond acceptors (Lipinski definition) is 2. The molecule has 3 heteroatoms. The Labute approximate surface area is 101 Å². The van der Waals surface area contributed by atoms with Crippen LogP contribution < -0.4 is 4.74 Å². The third-order valence-corrected chi connectivity index (χ3v) is 3.57. The standard InChI is InChI=1S/C14H18O3/c1-9(2)11-5-4-10(8-12(11)17-3)14(6-7-14)13(15)16/h4-5,8-9H,6-7H2,1-3H3,(H,15,16). The maximum Gasteiger partial charge on any atom is 0.314 e. The van der Waals surface area contributed by atoms with Crippen LogP contribution >= 0.6 is 0 Å². The summed E-state index contributed by atoms with van der Waals surface area (Å²) in [6, 6.07) is 5.80. The van der Waals surface area contributed by atoms with Gasteiger partial charge in [0, 0.05) is 0 Å². The number of hydrogen-bond donors (Lipinski definition) is 1. The summed E-state index contributed by atoms with van der Waals surface area (Å²) in [5, 5.41) is 9.26. The van der Waals surface area contributed by atoms with E-state index in [0.29, 0.717) is 5.92 Å². The molecule has 1 aliphatic rings. The van der Waals surface area contributed by atoms with Crippen LogP contribution in [0.5, 0.6) is 5.75 Å². The largest absolute Gasteiger partial charge is 0.496 e. The van der Waals surface area contributed by atoms with E-state index in [-0.39, 0.29) is 0 Å². The minimum absolute atomic E-state index is 0.374. The Morgan fingerprint density at radius 1 is 1.41 bits per heavy atom. The highest BCUT2D eigenvalue weighted by atomic mass is 16.5. The van der Waals surface area contributed by atoms with E-state index in [1.54, 1.807) is 7.11 Å². The van der Waals surface area contributed by atoms with E-state index >= 15 is 0 Å². The summed E-state index contributed by atoms with van der Waals surface area (Å²) in [5.41, 5.74) is 1.34. The molecule has 1 saturated carbocycles. The van der Waals surface area contributed by atoms with Crippen molar-refractivity contribution in [3.63, 3.8) is 0 Å². The normalized spacial score (nSPS) is 16.9. The molecule has 1 aromatic rings. The highest BCUT2D eigenvalue weighted by molar-refractivity contribution is 5.85. The Bertz CT molecular complexity index is 445. The Kier molecular flexibility index (Phi) is 2.86. The molecule has 92 valence electrons. The topological polar surface area (TPSA) is 46.5 Å². The van der Waals surface area contributed by atoms with Gasteiger partial charge >= 0.3 is 5.97 Å². The van der Waals surface area contributed by atoms with Crippen LogP contribution in [0.2, 0.25) is 0 Å². The first-order chi connectivity index (χ1) is 8.01. The first kappa shape index (κ1) is 12.0. The predicted octanol–water partition coefficient (Wildman–Crippen LogP) is 2.93. The smallest absolute Gasteiger partial charge is 0.314 e. The van der Waals surface area contributed by atoms with Gasteiger partial charge in [0.15, 0.2) is 0 Å². The molecule has 0 radical (unpaired) electrons. The fourth-order valence-electron chi connectivity index (χ4n) is 2.24. The molecule has 0 unspecified atom stereocenters. The van der Waals surface area contributed by atoms with E-state index < -0.39 is 11.4 Å². The second-order valence-corrected chi connectivity index (χ2v) is 5.00. The van der Waals surface area contributed by atoms with Crippen LogP contribution in [-0.4, -0.2) is 18.2 Å². The first-order valence-corrected chi connectivity index (χ1v) is 5.93. The van der Waals surface area contributed by atoms with Gasteiger partial charge < -0.3 is 9.84 Å². The summed E-state index contributed by atoms with van der Waals surface area (Å²) >= 11 is 0. The molecule has 0 atom stereocenters. The molecule has 0 amide bonds.